The Morgan fingerprint density at radius 2 is 1.64 bits per heavy atom. The van der Waals surface area contributed by atoms with Crippen molar-refractivity contribution in [2.24, 2.45) is 5.92 Å². The monoisotopic (exact) mass is 295 g/mol. The van der Waals surface area contributed by atoms with E-state index in [2.05, 4.69) is 24.3 Å². The van der Waals surface area contributed by atoms with Gasteiger partial charge in [0.2, 0.25) is 0 Å². The predicted octanol–water partition coefficient (Wildman–Crippen LogP) is 3.49. The van der Waals surface area contributed by atoms with Crippen molar-refractivity contribution in [1.29, 1.82) is 0 Å². The van der Waals surface area contributed by atoms with E-state index >= 15 is 0 Å². The number of rotatable bonds is 3. The summed E-state index contributed by atoms with van der Waals surface area (Å²) in [6, 6.07) is 17.1. The van der Waals surface area contributed by atoms with E-state index in [1.165, 1.54) is 5.56 Å². The van der Waals surface area contributed by atoms with Crippen molar-refractivity contribution in [2.75, 3.05) is 13.1 Å². The SMILES string of the molecule is O=C(c1ccc(O)cc1)N1CCC(Cc2ccccc2)CC1. The molecule has 114 valence electrons. The van der Waals surface area contributed by atoms with E-state index in [1.807, 2.05) is 11.0 Å². The summed E-state index contributed by atoms with van der Waals surface area (Å²) in [6.45, 7) is 1.63. The lowest BCUT2D eigenvalue weighted by Crippen LogP contribution is -2.38. The molecule has 2 aromatic carbocycles. The minimum absolute atomic E-state index is 0.0677. The van der Waals surface area contributed by atoms with Gasteiger partial charge in [0.05, 0.1) is 0 Å². The first kappa shape index (κ1) is 14.6. The number of piperidine rings is 1. The van der Waals surface area contributed by atoms with E-state index in [4.69, 9.17) is 0 Å². The topological polar surface area (TPSA) is 40.5 Å². The van der Waals surface area contributed by atoms with Crippen LogP contribution in [-0.2, 0) is 6.42 Å². The van der Waals surface area contributed by atoms with E-state index in [0.29, 0.717) is 11.5 Å². The first-order valence-corrected chi connectivity index (χ1v) is 7.84. The fourth-order valence-electron chi connectivity index (χ4n) is 3.07. The summed E-state index contributed by atoms with van der Waals surface area (Å²) in [6.07, 6.45) is 3.21. The van der Waals surface area contributed by atoms with Gasteiger partial charge in [-0.1, -0.05) is 30.3 Å². The van der Waals surface area contributed by atoms with Gasteiger partial charge in [-0.25, -0.2) is 0 Å². The van der Waals surface area contributed by atoms with Crippen LogP contribution in [0.5, 0.6) is 5.75 Å². The van der Waals surface area contributed by atoms with Crippen LogP contribution in [-0.4, -0.2) is 29.0 Å². The van der Waals surface area contributed by atoms with Gasteiger partial charge in [0.15, 0.2) is 0 Å². The summed E-state index contributed by atoms with van der Waals surface area (Å²) in [4.78, 5) is 14.3. The molecule has 0 atom stereocenters. The fourth-order valence-corrected chi connectivity index (χ4v) is 3.07. The summed E-state index contributed by atoms with van der Waals surface area (Å²) in [5.74, 6) is 0.919. The van der Waals surface area contributed by atoms with E-state index < -0.39 is 0 Å². The molecule has 0 spiro atoms. The van der Waals surface area contributed by atoms with Crippen LogP contribution in [0, 0.1) is 5.92 Å². The Kier molecular flexibility index (Phi) is 4.42. The highest BCUT2D eigenvalue weighted by molar-refractivity contribution is 5.94. The van der Waals surface area contributed by atoms with Crippen molar-refractivity contribution in [3.8, 4) is 5.75 Å². The van der Waals surface area contributed by atoms with Crippen molar-refractivity contribution in [3.63, 3.8) is 0 Å². The average molecular weight is 295 g/mol. The molecule has 1 aliphatic rings. The molecule has 22 heavy (non-hydrogen) atoms. The molecular weight excluding hydrogens is 274 g/mol. The molecule has 0 aromatic heterocycles. The fraction of sp³-hybridized carbons (Fsp3) is 0.316. The van der Waals surface area contributed by atoms with Crippen molar-refractivity contribution < 1.29 is 9.90 Å². The molecule has 0 saturated carbocycles. The maximum Gasteiger partial charge on any atom is 0.253 e. The van der Waals surface area contributed by atoms with E-state index in [1.54, 1.807) is 24.3 Å². The number of phenols is 1. The van der Waals surface area contributed by atoms with Crippen LogP contribution in [0.4, 0.5) is 0 Å². The maximum absolute atomic E-state index is 12.4. The maximum atomic E-state index is 12.4. The number of hydrogen-bond acceptors (Lipinski definition) is 2. The average Bonchev–Trinajstić information content (AvgIpc) is 2.57. The van der Waals surface area contributed by atoms with Crippen LogP contribution in [0.25, 0.3) is 0 Å². The van der Waals surface area contributed by atoms with E-state index in [-0.39, 0.29) is 11.7 Å². The molecular formula is C19H21NO2. The standard InChI is InChI=1S/C19H21NO2/c21-18-8-6-17(7-9-18)19(22)20-12-10-16(11-13-20)14-15-4-2-1-3-5-15/h1-9,16,21H,10-14H2. The third-order valence-electron chi connectivity index (χ3n) is 4.38. The van der Waals surface area contributed by atoms with Crippen LogP contribution in [0.1, 0.15) is 28.8 Å². The van der Waals surface area contributed by atoms with E-state index in [9.17, 15) is 9.90 Å². The molecule has 1 aliphatic heterocycles. The number of carbonyl (C=O) groups is 1. The Bertz CT molecular complexity index is 614. The van der Waals surface area contributed by atoms with Gasteiger partial charge >= 0.3 is 0 Å². The zero-order valence-corrected chi connectivity index (χ0v) is 12.6. The van der Waals surface area contributed by atoms with Gasteiger partial charge in [0.25, 0.3) is 5.91 Å². The summed E-state index contributed by atoms with van der Waals surface area (Å²) in [5.41, 5.74) is 2.03. The van der Waals surface area contributed by atoms with Crippen molar-refractivity contribution in [1.82, 2.24) is 4.90 Å². The number of benzene rings is 2. The Hall–Kier alpha value is -2.29. The molecule has 3 nitrogen and oxygen atoms in total. The minimum atomic E-state index is 0.0677. The number of carbonyl (C=O) groups excluding carboxylic acids is 1. The summed E-state index contributed by atoms with van der Waals surface area (Å²) < 4.78 is 0. The molecule has 1 heterocycles. The number of hydrogen-bond donors (Lipinski definition) is 1. The summed E-state index contributed by atoms with van der Waals surface area (Å²) >= 11 is 0. The smallest absolute Gasteiger partial charge is 0.253 e. The predicted molar refractivity (Wildman–Crippen MR) is 86.9 cm³/mol. The molecule has 1 fully saturated rings. The normalized spacial score (nSPS) is 15.7. The lowest BCUT2D eigenvalue weighted by Gasteiger charge is -2.32. The molecule has 1 N–H and O–H groups in total. The number of aromatic hydroxyl groups is 1. The zero-order chi connectivity index (χ0) is 15.4. The molecule has 3 heteroatoms. The second-order valence-corrected chi connectivity index (χ2v) is 5.97. The van der Waals surface area contributed by atoms with Gasteiger partial charge in [-0.05, 0) is 55.0 Å². The molecule has 1 saturated heterocycles. The largest absolute Gasteiger partial charge is 0.508 e. The molecule has 0 radical (unpaired) electrons. The highest BCUT2D eigenvalue weighted by Gasteiger charge is 2.23. The van der Waals surface area contributed by atoms with Crippen LogP contribution in [0.2, 0.25) is 0 Å². The van der Waals surface area contributed by atoms with Crippen molar-refractivity contribution >= 4 is 5.91 Å². The first-order valence-electron chi connectivity index (χ1n) is 7.84. The quantitative estimate of drug-likeness (QED) is 0.941. The van der Waals surface area contributed by atoms with Gasteiger partial charge in [0, 0.05) is 18.7 Å². The van der Waals surface area contributed by atoms with Gasteiger partial charge in [0.1, 0.15) is 5.75 Å². The number of nitrogens with zero attached hydrogens (tertiary/aromatic N) is 1. The molecule has 0 unspecified atom stereocenters. The Balaban J connectivity index is 1.55. The molecule has 3 rings (SSSR count). The van der Waals surface area contributed by atoms with Crippen LogP contribution in [0.3, 0.4) is 0 Å². The molecule has 1 amide bonds. The summed E-state index contributed by atoms with van der Waals surface area (Å²) in [7, 11) is 0. The molecule has 0 aliphatic carbocycles. The van der Waals surface area contributed by atoms with Crippen LogP contribution >= 0.6 is 0 Å². The van der Waals surface area contributed by atoms with Crippen molar-refractivity contribution in [3.05, 3.63) is 65.7 Å². The number of likely N-dealkylation sites (tertiary alicyclic amines) is 1. The van der Waals surface area contributed by atoms with Gasteiger partial charge in [-0.15, -0.1) is 0 Å². The minimum Gasteiger partial charge on any atom is -0.508 e. The van der Waals surface area contributed by atoms with Gasteiger partial charge in [-0.2, -0.15) is 0 Å². The summed E-state index contributed by atoms with van der Waals surface area (Å²) in [5, 5.41) is 9.30. The first-order chi connectivity index (χ1) is 10.7. The second kappa shape index (κ2) is 6.65. The highest BCUT2D eigenvalue weighted by Crippen LogP contribution is 2.23. The molecule has 2 aromatic rings. The lowest BCUT2D eigenvalue weighted by atomic mass is 9.90. The van der Waals surface area contributed by atoms with Gasteiger partial charge in [-0.3, -0.25) is 4.79 Å². The van der Waals surface area contributed by atoms with E-state index in [0.717, 1.165) is 32.4 Å². The Labute approximate surface area is 131 Å². The third kappa shape index (κ3) is 3.48. The Morgan fingerprint density at radius 1 is 1.00 bits per heavy atom. The highest BCUT2D eigenvalue weighted by atomic mass is 16.3. The second-order valence-electron chi connectivity index (χ2n) is 5.97. The number of amides is 1. The van der Waals surface area contributed by atoms with Crippen LogP contribution in [0.15, 0.2) is 54.6 Å². The zero-order valence-electron chi connectivity index (χ0n) is 12.6. The third-order valence-corrected chi connectivity index (χ3v) is 4.38. The number of phenolic OH excluding ortho intramolecular Hbond substituents is 1. The van der Waals surface area contributed by atoms with Crippen LogP contribution < -0.4 is 0 Å². The van der Waals surface area contributed by atoms with Crippen molar-refractivity contribution in [2.45, 2.75) is 19.3 Å². The lowest BCUT2D eigenvalue weighted by molar-refractivity contribution is 0.0690. The Morgan fingerprint density at radius 3 is 2.27 bits per heavy atom. The molecule has 0 bridgehead atoms. The van der Waals surface area contributed by atoms with Gasteiger partial charge < -0.3 is 10.0 Å².